The molecule has 1 aromatic rings. The third-order valence-corrected chi connectivity index (χ3v) is 4.36. The molecular weight excluding hydrogens is 267 g/mol. The Labute approximate surface area is 127 Å². The summed E-state index contributed by atoms with van der Waals surface area (Å²) in [5.74, 6) is 0.718. The van der Waals surface area contributed by atoms with Crippen LogP contribution in [0.1, 0.15) is 45.1 Å². The maximum absolute atomic E-state index is 9.26. The third-order valence-electron chi connectivity index (χ3n) is 4.36. The molecule has 0 radical (unpaired) electrons. The van der Waals surface area contributed by atoms with E-state index in [2.05, 4.69) is 13.8 Å². The predicted octanol–water partition coefficient (Wildman–Crippen LogP) is 1.86. The second kappa shape index (κ2) is 6.82. The Morgan fingerprint density at radius 1 is 1.24 bits per heavy atom. The molecule has 116 valence electrons. The van der Waals surface area contributed by atoms with Gasteiger partial charge in [-0.1, -0.05) is 26.0 Å². The molecule has 21 heavy (non-hydrogen) atoms. The van der Waals surface area contributed by atoms with Gasteiger partial charge in [0.05, 0.1) is 19.8 Å². The molecule has 0 heterocycles. The topological polar surface area (TPSA) is 58.9 Å². The van der Waals surface area contributed by atoms with Gasteiger partial charge >= 0.3 is 7.12 Å². The normalized spacial score (nSPS) is 18.5. The van der Waals surface area contributed by atoms with Crippen molar-refractivity contribution in [3.05, 3.63) is 23.8 Å². The van der Waals surface area contributed by atoms with E-state index in [-0.39, 0.29) is 6.10 Å². The molecule has 4 nitrogen and oxygen atoms in total. The van der Waals surface area contributed by atoms with Crippen LogP contribution in [0.25, 0.3) is 0 Å². The highest BCUT2D eigenvalue weighted by molar-refractivity contribution is 6.58. The van der Waals surface area contributed by atoms with Gasteiger partial charge in [-0.25, -0.2) is 0 Å². The minimum atomic E-state index is -1.47. The monoisotopic (exact) mass is 292 g/mol. The van der Waals surface area contributed by atoms with Crippen molar-refractivity contribution in [2.75, 3.05) is 7.11 Å². The van der Waals surface area contributed by atoms with Crippen LogP contribution in [0.3, 0.4) is 0 Å². The fourth-order valence-electron chi connectivity index (χ4n) is 2.82. The van der Waals surface area contributed by atoms with Crippen LogP contribution >= 0.6 is 0 Å². The van der Waals surface area contributed by atoms with Crippen LogP contribution in [-0.4, -0.2) is 30.4 Å². The van der Waals surface area contributed by atoms with Gasteiger partial charge in [0.25, 0.3) is 0 Å². The zero-order valence-corrected chi connectivity index (χ0v) is 13.1. The number of hydrogen-bond donors (Lipinski definition) is 2. The molecule has 1 aromatic carbocycles. The van der Waals surface area contributed by atoms with Gasteiger partial charge in [-0.05, 0) is 42.6 Å². The summed E-state index contributed by atoms with van der Waals surface area (Å²) in [4.78, 5) is 0. The zero-order chi connectivity index (χ0) is 15.5. The third kappa shape index (κ3) is 4.46. The lowest BCUT2D eigenvalue weighted by Gasteiger charge is -2.34. The summed E-state index contributed by atoms with van der Waals surface area (Å²) in [5.41, 5.74) is 1.74. The molecule has 0 bridgehead atoms. The van der Waals surface area contributed by atoms with Crippen LogP contribution in [0, 0.1) is 5.41 Å². The first kappa shape index (κ1) is 16.3. The van der Waals surface area contributed by atoms with Crippen LogP contribution in [-0.2, 0) is 11.3 Å². The highest BCUT2D eigenvalue weighted by atomic mass is 16.5. The average Bonchev–Trinajstić information content (AvgIpc) is 2.45. The highest BCUT2D eigenvalue weighted by Crippen LogP contribution is 2.36. The van der Waals surface area contributed by atoms with Crippen LogP contribution < -0.4 is 10.2 Å². The maximum Gasteiger partial charge on any atom is 0.488 e. The molecule has 0 atom stereocenters. The molecular formula is C16H25BO4. The summed E-state index contributed by atoms with van der Waals surface area (Å²) in [6.07, 6.45) is 4.81. The van der Waals surface area contributed by atoms with E-state index in [4.69, 9.17) is 9.47 Å². The van der Waals surface area contributed by atoms with E-state index in [1.165, 1.54) is 12.8 Å². The Bertz CT molecular complexity index is 463. The summed E-state index contributed by atoms with van der Waals surface area (Å²) in [7, 11) is 0.141. The fourth-order valence-corrected chi connectivity index (χ4v) is 2.82. The first-order valence-corrected chi connectivity index (χ1v) is 7.56. The lowest BCUT2D eigenvalue weighted by molar-refractivity contribution is -0.00619. The van der Waals surface area contributed by atoms with Crippen molar-refractivity contribution in [3.8, 4) is 5.75 Å². The fraction of sp³-hybridized carbons (Fsp3) is 0.625. The van der Waals surface area contributed by atoms with Gasteiger partial charge in [-0.15, -0.1) is 0 Å². The van der Waals surface area contributed by atoms with E-state index in [1.807, 2.05) is 0 Å². The minimum Gasteiger partial charge on any atom is -0.496 e. The molecule has 1 saturated carbocycles. The first-order valence-electron chi connectivity index (χ1n) is 7.56. The Hall–Kier alpha value is -1.04. The summed E-state index contributed by atoms with van der Waals surface area (Å²) in [6, 6.07) is 5.13. The average molecular weight is 292 g/mol. The van der Waals surface area contributed by atoms with Crippen LogP contribution in [0.5, 0.6) is 5.75 Å². The molecule has 0 spiro atoms. The van der Waals surface area contributed by atoms with Crippen LogP contribution in [0.4, 0.5) is 0 Å². The van der Waals surface area contributed by atoms with Gasteiger partial charge in [0.15, 0.2) is 0 Å². The Morgan fingerprint density at radius 2 is 1.90 bits per heavy atom. The summed E-state index contributed by atoms with van der Waals surface area (Å²) < 4.78 is 11.3. The summed E-state index contributed by atoms with van der Waals surface area (Å²) in [5, 5.41) is 18.5. The molecule has 2 rings (SSSR count). The Balaban J connectivity index is 1.97. The van der Waals surface area contributed by atoms with Gasteiger partial charge in [0.2, 0.25) is 0 Å². The van der Waals surface area contributed by atoms with Crippen molar-refractivity contribution in [2.24, 2.45) is 5.41 Å². The second-order valence-electron chi connectivity index (χ2n) is 6.62. The highest BCUT2D eigenvalue weighted by Gasteiger charge is 2.27. The van der Waals surface area contributed by atoms with E-state index >= 15 is 0 Å². The summed E-state index contributed by atoms with van der Waals surface area (Å²) >= 11 is 0. The van der Waals surface area contributed by atoms with Gasteiger partial charge in [-0.3, -0.25) is 0 Å². The minimum absolute atomic E-state index is 0.283. The first-order chi connectivity index (χ1) is 9.91. The second-order valence-corrected chi connectivity index (χ2v) is 6.62. The van der Waals surface area contributed by atoms with E-state index < -0.39 is 7.12 Å². The molecule has 1 aliphatic carbocycles. The van der Waals surface area contributed by atoms with Crippen molar-refractivity contribution in [3.63, 3.8) is 0 Å². The molecule has 2 N–H and O–H groups in total. The lowest BCUT2D eigenvalue weighted by Crippen LogP contribution is -2.30. The molecule has 1 fully saturated rings. The van der Waals surface area contributed by atoms with Crippen LogP contribution in [0.2, 0.25) is 0 Å². The quantitative estimate of drug-likeness (QED) is 0.813. The van der Waals surface area contributed by atoms with Crippen molar-refractivity contribution < 1.29 is 19.5 Å². The smallest absolute Gasteiger partial charge is 0.488 e. The SMILES string of the molecule is COc1ccc(B(O)O)cc1COC1CCC(C)(C)CC1. The van der Waals surface area contributed by atoms with E-state index in [9.17, 15) is 10.0 Å². The summed E-state index contributed by atoms with van der Waals surface area (Å²) in [6.45, 7) is 5.05. The van der Waals surface area contributed by atoms with Crippen molar-refractivity contribution >= 4 is 12.6 Å². The largest absolute Gasteiger partial charge is 0.496 e. The van der Waals surface area contributed by atoms with Crippen LogP contribution in [0.15, 0.2) is 18.2 Å². The van der Waals surface area contributed by atoms with Gasteiger partial charge < -0.3 is 19.5 Å². The van der Waals surface area contributed by atoms with E-state index in [0.717, 1.165) is 24.2 Å². The molecule has 5 heteroatoms. The molecule has 0 amide bonds. The standard InChI is InChI=1S/C16H25BO4/c1-16(2)8-6-14(7-9-16)21-11-12-10-13(17(18)19)4-5-15(12)20-3/h4-5,10,14,18-19H,6-9,11H2,1-3H3. The molecule has 0 aliphatic heterocycles. The number of methoxy groups -OCH3 is 1. The number of rotatable bonds is 5. The predicted molar refractivity (Wildman–Crippen MR) is 83.6 cm³/mol. The van der Waals surface area contributed by atoms with Crippen molar-refractivity contribution in [1.29, 1.82) is 0 Å². The number of benzene rings is 1. The van der Waals surface area contributed by atoms with Gasteiger partial charge in [0.1, 0.15) is 5.75 Å². The van der Waals surface area contributed by atoms with Crippen molar-refractivity contribution in [2.45, 2.75) is 52.2 Å². The molecule has 0 aromatic heterocycles. The number of ether oxygens (including phenoxy) is 2. The zero-order valence-electron chi connectivity index (χ0n) is 13.1. The molecule has 0 unspecified atom stereocenters. The maximum atomic E-state index is 9.26. The van der Waals surface area contributed by atoms with E-state index in [1.54, 1.807) is 25.3 Å². The Morgan fingerprint density at radius 3 is 2.48 bits per heavy atom. The number of hydrogen-bond acceptors (Lipinski definition) is 4. The van der Waals surface area contributed by atoms with Gasteiger partial charge in [-0.2, -0.15) is 0 Å². The van der Waals surface area contributed by atoms with Gasteiger partial charge in [0, 0.05) is 5.56 Å². The lowest BCUT2D eigenvalue weighted by atomic mass is 9.76. The molecule has 1 aliphatic rings. The van der Waals surface area contributed by atoms with Crippen molar-refractivity contribution in [1.82, 2.24) is 0 Å². The van der Waals surface area contributed by atoms with E-state index in [0.29, 0.717) is 17.5 Å². The Kier molecular flexibility index (Phi) is 5.30. The molecule has 0 saturated heterocycles.